The molecular weight excluding hydrogens is 440 g/mol. The van der Waals surface area contributed by atoms with E-state index in [1.54, 1.807) is 27.3 Å². The lowest BCUT2D eigenvalue weighted by Gasteiger charge is -2.40. The Morgan fingerprint density at radius 1 is 1.03 bits per heavy atom. The van der Waals surface area contributed by atoms with Gasteiger partial charge in [0.15, 0.2) is 17.3 Å². The maximum Gasteiger partial charge on any atom is 0.414 e. The van der Waals surface area contributed by atoms with Crippen LogP contribution in [0.4, 0.5) is 10.5 Å². The van der Waals surface area contributed by atoms with Gasteiger partial charge in [-0.15, -0.1) is 0 Å². The van der Waals surface area contributed by atoms with E-state index >= 15 is 0 Å². The third-order valence-electron chi connectivity index (χ3n) is 6.82. The second-order valence-electron chi connectivity index (χ2n) is 10.3. The van der Waals surface area contributed by atoms with Crippen LogP contribution in [0.15, 0.2) is 60.2 Å². The van der Waals surface area contributed by atoms with Crippen LogP contribution in [-0.4, -0.2) is 38.0 Å². The fourth-order valence-electron chi connectivity index (χ4n) is 5.22. The molecule has 3 aromatic rings. The molecule has 0 unspecified atom stereocenters. The lowest BCUT2D eigenvalue weighted by molar-refractivity contribution is -0.118. The summed E-state index contributed by atoms with van der Waals surface area (Å²) in [6.45, 7) is 4.32. The number of hydrogen-bond acceptors (Lipinski definition) is 5. The maximum absolute atomic E-state index is 13.6. The Labute approximate surface area is 205 Å². The van der Waals surface area contributed by atoms with Crippen LogP contribution in [0.5, 0.6) is 11.5 Å². The first kappa shape index (κ1) is 23.0. The standard InChI is InChI=1S/C29H30N2O4/c1-29(2)15-20-25-19-9-7-6-8-17(19)10-12-21(25)30-27(26(20)22(32)16-29)18-11-13-23(24(14-18)34-5)35-28(33)31(3)4/h6-14,27,30H,15-16H2,1-5H3/t27-/m1/s1. The Bertz CT molecular complexity index is 1390. The van der Waals surface area contributed by atoms with E-state index < -0.39 is 6.09 Å². The van der Waals surface area contributed by atoms with Gasteiger partial charge in [-0.2, -0.15) is 0 Å². The molecule has 6 heteroatoms. The normalized spacial score (nSPS) is 18.4. The molecule has 3 aromatic carbocycles. The minimum absolute atomic E-state index is 0.117. The summed E-state index contributed by atoms with van der Waals surface area (Å²) in [5, 5.41) is 5.95. The smallest absolute Gasteiger partial charge is 0.414 e. The Hall–Kier alpha value is -3.80. The van der Waals surface area contributed by atoms with E-state index in [1.165, 1.54) is 4.90 Å². The maximum atomic E-state index is 13.6. The molecule has 1 aliphatic heterocycles. The van der Waals surface area contributed by atoms with Gasteiger partial charge >= 0.3 is 6.09 Å². The molecule has 1 amide bonds. The van der Waals surface area contributed by atoms with E-state index in [0.29, 0.717) is 17.9 Å². The molecule has 180 valence electrons. The van der Waals surface area contributed by atoms with Crippen molar-refractivity contribution in [3.05, 3.63) is 71.3 Å². The molecule has 2 aliphatic rings. The van der Waals surface area contributed by atoms with Gasteiger partial charge in [-0.05, 0) is 51.9 Å². The minimum Gasteiger partial charge on any atom is -0.493 e. The number of anilines is 1. The zero-order chi connectivity index (χ0) is 24.9. The first-order valence-corrected chi connectivity index (χ1v) is 11.8. The molecule has 1 N–H and O–H groups in total. The topological polar surface area (TPSA) is 67.9 Å². The largest absolute Gasteiger partial charge is 0.493 e. The lowest BCUT2D eigenvalue weighted by Crippen LogP contribution is -2.33. The second-order valence-corrected chi connectivity index (χ2v) is 10.3. The molecule has 0 saturated heterocycles. The van der Waals surface area contributed by atoms with Crippen LogP contribution in [0.3, 0.4) is 0 Å². The number of carbonyl (C=O) groups excluding carboxylic acids is 2. The zero-order valence-electron chi connectivity index (χ0n) is 20.8. The number of ether oxygens (including phenoxy) is 2. The number of ketones is 1. The highest BCUT2D eigenvalue weighted by molar-refractivity contribution is 6.12. The fraction of sp³-hybridized carbons (Fsp3) is 0.310. The van der Waals surface area contributed by atoms with Gasteiger partial charge in [-0.3, -0.25) is 4.79 Å². The quantitative estimate of drug-likeness (QED) is 0.492. The van der Waals surface area contributed by atoms with E-state index in [4.69, 9.17) is 9.47 Å². The predicted octanol–water partition coefficient (Wildman–Crippen LogP) is 6.22. The van der Waals surface area contributed by atoms with Crippen LogP contribution in [0, 0.1) is 5.41 Å². The summed E-state index contributed by atoms with van der Waals surface area (Å²) >= 11 is 0. The number of rotatable bonds is 3. The van der Waals surface area contributed by atoms with Crippen LogP contribution in [0.2, 0.25) is 0 Å². The van der Waals surface area contributed by atoms with Crippen molar-refractivity contribution in [2.45, 2.75) is 32.7 Å². The van der Waals surface area contributed by atoms with Gasteiger partial charge in [0.2, 0.25) is 0 Å². The Balaban J connectivity index is 1.66. The third-order valence-corrected chi connectivity index (χ3v) is 6.82. The molecule has 0 saturated carbocycles. The van der Waals surface area contributed by atoms with E-state index in [1.807, 2.05) is 24.3 Å². The van der Waals surface area contributed by atoms with Gasteiger partial charge in [-0.25, -0.2) is 4.79 Å². The summed E-state index contributed by atoms with van der Waals surface area (Å²) in [7, 11) is 4.79. The Morgan fingerprint density at radius 3 is 2.54 bits per heavy atom. The molecule has 1 atom stereocenters. The monoisotopic (exact) mass is 470 g/mol. The summed E-state index contributed by atoms with van der Waals surface area (Å²) in [5.41, 5.74) is 4.83. The Morgan fingerprint density at radius 2 is 1.80 bits per heavy atom. The number of fused-ring (bicyclic) bond motifs is 4. The van der Waals surface area contributed by atoms with Crippen LogP contribution < -0.4 is 14.8 Å². The number of Topliss-reactive ketones (excluding diaryl/α,β-unsaturated/α-hetero) is 1. The van der Waals surface area contributed by atoms with Crippen molar-refractivity contribution in [3.63, 3.8) is 0 Å². The van der Waals surface area contributed by atoms with E-state index in [2.05, 4.69) is 43.4 Å². The number of amides is 1. The average Bonchev–Trinajstić information content (AvgIpc) is 2.82. The molecule has 6 nitrogen and oxygen atoms in total. The zero-order valence-corrected chi connectivity index (χ0v) is 20.8. The van der Waals surface area contributed by atoms with Crippen LogP contribution in [-0.2, 0) is 4.79 Å². The third kappa shape index (κ3) is 4.03. The van der Waals surface area contributed by atoms with E-state index in [9.17, 15) is 9.59 Å². The second kappa shape index (κ2) is 8.45. The van der Waals surface area contributed by atoms with Crippen molar-refractivity contribution >= 4 is 33.9 Å². The molecular formula is C29H30N2O4. The van der Waals surface area contributed by atoms with Crippen molar-refractivity contribution in [1.82, 2.24) is 4.90 Å². The van der Waals surface area contributed by atoms with Gasteiger partial charge < -0.3 is 19.7 Å². The van der Waals surface area contributed by atoms with Crippen LogP contribution in [0.1, 0.15) is 43.9 Å². The predicted molar refractivity (Wildman–Crippen MR) is 138 cm³/mol. The highest BCUT2D eigenvalue weighted by atomic mass is 16.6. The average molecular weight is 471 g/mol. The number of allylic oxidation sites excluding steroid dienone is 1. The van der Waals surface area contributed by atoms with Gasteiger partial charge in [0, 0.05) is 37.3 Å². The van der Waals surface area contributed by atoms with Crippen molar-refractivity contribution in [3.8, 4) is 11.5 Å². The first-order chi connectivity index (χ1) is 16.7. The SMILES string of the molecule is COc1cc([C@H]2Nc3ccc4ccccc4c3C3=C2C(=O)CC(C)(C)C3)ccc1OC(=O)N(C)C. The first-order valence-electron chi connectivity index (χ1n) is 11.8. The summed E-state index contributed by atoms with van der Waals surface area (Å²) in [4.78, 5) is 27.1. The number of benzene rings is 3. The number of carbonyl (C=O) groups is 2. The summed E-state index contributed by atoms with van der Waals surface area (Å²) in [6.07, 6.45) is 0.838. The number of nitrogens with zero attached hydrogens (tertiary/aromatic N) is 1. The summed E-state index contributed by atoms with van der Waals surface area (Å²) in [5.74, 6) is 0.937. The van der Waals surface area contributed by atoms with Crippen molar-refractivity contribution < 1.29 is 19.1 Å². The molecule has 0 spiro atoms. The van der Waals surface area contributed by atoms with Crippen molar-refractivity contribution in [2.24, 2.45) is 5.41 Å². The molecule has 0 bridgehead atoms. The molecule has 35 heavy (non-hydrogen) atoms. The molecule has 0 aromatic heterocycles. The Kier molecular flexibility index (Phi) is 5.55. The fourth-order valence-corrected chi connectivity index (χ4v) is 5.22. The van der Waals surface area contributed by atoms with Gasteiger partial charge in [0.25, 0.3) is 0 Å². The number of hydrogen-bond donors (Lipinski definition) is 1. The number of nitrogens with one attached hydrogen (secondary N) is 1. The summed E-state index contributed by atoms with van der Waals surface area (Å²) in [6, 6.07) is 17.7. The van der Waals surface area contributed by atoms with E-state index in [0.717, 1.165) is 45.2 Å². The lowest BCUT2D eigenvalue weighted by atomic mass is 9.68. The molecule has 1 aliphatic carbocycles. The van der Waals surface area contributed by atoms with Gasteiger partial charge in [0.05, 0.1) is 13.2 Å². The highest BCUT2D eigenvalue weighted by Gasteiger charge is 2.41. The molecule has 0 radical (unpaired) electrons. The minimum atomic E-state index is -0.484. The van der Waals surface area contributed by atoms with Gasteiger partial charge in [0.1, 0.15) is 0 Å². The summed E-state index contributed by atoms with van der Waals surface area (Å²) < 4.78 is 11.0. The van der Waals surface area contributed by atoms with Crippen LogP contribution in [0.25, 0.3) is 16.3 Å². The van der Waals surface area contributed by atoms with E-state index in [-0.39, 0.29) is 17.2 Å². The van der Waals surface area contributed by atoms with Crippen molar-refractivity contribution in [2.75, 3.05) is 26.5 Å². The highest BCUT2D eigenvalue weighted by Crippen LogP contribution is 2.52. The molecule has 0 fully saturated rings. The number of methoxy groups -OCH3 is 1. The van der Waals surface area contributed by atoms with Crippen molar-refractivity contribution in [1.29, 1.82) is 0 Å². The molecule has 1 heterocycles. The van der Waals surface area contributed by atoms with Crippen LogP contribution >= 0.6 is 0 Å². The van der Waals surface area contributed by atoms with Gasteiger partial charge in [-0.1, -0.05) is 50.2 Å². The molecule has 5 rings (SSSR count).